The Balaban J connectivity index is 2.01. The molecule has 2 nitrogen and oxygen atoms in total. The largest absolute Gasteiger partial charge is 0.349 e. The summed E-state index contributed by atoms with van der Waals surface area (Å²) in [5.41, 5.74) is 1.89. The number of amides is 1. The Morgan fingerprint density at radius 2 is 2.12 bits per heavy atom. The van der Waals surface area contributed by atoms with Crippen molar-refractivity contribution in [2.45, 2.75) is 25.8 Å². The molecule has 1 heterocycles. The number of aryl methyl sites for hydroxylation is 1. The third-order valence-corrected chi connectivity index (χ3v) is 4.89. The van der Waals surface area contributed by atoms with Gasteiger partial charge in [0.05, 0.1) is 0 Å². The minimum atomic E-state index is 0.0441. The number of rotatable bonds is 2. The topological polar surface area (TPSA) is 29.1 Å². The van der Waals surface area contributed by atoms with Crippen molar-refractivity contribution >= 4 is 33.6 Å². The van der Waals surface area contributed by atoms with E-state index in [0.717, 1.165) is 39.9 Å². The zero-order valence-electron chi connectivity index (χ0n) is 9.83. The van der Waals surface area contributed by atoms with Crippen LogP contribution in [0.25, 0.3) is 0 Å². The van der Waals surface area contributed by atoms with Crippen molar-refractivity contribution in [1.29, 1.82) is 0 Å². The van der Waals surface area contributed by atoms with Gasteiger partial charge in [-0.05, 0) is 49.0 Å². The molecule has 2 rings (SSSR count). The van der Waals surface area contributed by atoms with Gasteiger partial charge < -0.3 is 5.32 Å². The first kappa shape index (κ1) is 13.0. The fourth-order valence-electron chi connectivity index (χ4n) is 1.84. The van der Waals surface area contributed by atoms with Crippen LogP contribution < -0.4 is 5.32 Å². The molecule has 0 saturated carbocycles. The van der Waals surface area contributed by atoms with Crippen LogP contribution in [-0.4, -0.2) is 23.5 Å². The van der Waals surface area contributed by atoms with Crippen molar-refractivity contribution in [3.05, 3.63) is 33.8 Å². The zero-order valence-corrected chi connectivity index (χ0v) is 12.2. The van der Waals surface area contributed by atoms with E-state index in [4.69, 9.17) is 0 Å². The quantitative estimate of drug-likeness (QED) is 0.907. The lowest BCUT2D eigenvalue weighted by Gasteiger charge is -2.22. The van der Waals surface area contributed by atoms with E-state index in [1.165, 1.54) is 0 Å². The number of hydrogen-bond acceptors (Lipinski definition) is 2. The Bertz CT molecular complexity index is 416. The number of nitrogens with one attached hydrogen (secondary N) is 1. The lowest BCUT2D eigenvalue weighted by Crippen LogP contribution is -2.37. The van der Waals surface area contributed by atoms with Crippen molar-refractivity contribution in [1.82, 2.24) is 5.32 Å². The molecule has 0 atom stereocenters. The third-order valence-electron chi connectivity index (χ3n) is 2.99. The second-order valence-corrected chi connectivity index (χ2v) is 6.40. The van der Waals surface area contributed by atoms with Crippen molar-refractivity contribution in [3.8, 4) is 0 Å². The molecule has 1 N–H and O–H groups in total. The molecule has 0 bridgehead atoms. The summed E-state index contributed by atoms with van der Waals surface area (Å²) >= 11 is 5.42. The number of halogens is 1. The van der Waals surface area contributed by atoms with Gasteiger partial charge in [-0.15, -0.1) is 0 Å². The van der Waals surface area contributed by atoms with Crippen LogP contribution in [0.2, 0.25) is 0 Å². The molecule has 17 heavy (non-hydrogen) atoms. The molecule has 1 aromatic rings. The maximum atomic E-state index is 12.0. The molecule has 0 aliphatic carbocycles. The molecule has 1 fully saturated rings. The van der Waals surface area contributed by atoms with Crippen LogP contribution in [0, 0.1) is 6.92 Å². The molecule has 1 aliphatic rings. The van der Waals surface area contributed by atoms with Crippen molar-refractivity contribution < 1.29 is 4.79 Å². The summed E-state index contributed by atoms with van der Waals surface area (Å²) < 4.78 is 0.990. The van der Waals surface area contributed by atoms with Gasteiger partial charge in [0.1, 0.15) is 0 Å². The number of carbonyl (C=O) groups excluding carboxylic acids is 1. The van der Waals surface area contributed by atoms with Crippen molar-refractivity contribution in [2.75, 3.05) is 11.5 Å². The average molecular weight is 314 g/mol. The summed E-state index contributed by atoms with van der Waals surface area (Å²) in [7, 11) is 0. The van der Waals surface area contributed by atoms with Gasteiger partial charge in [-0.3, -0.25) is 4.79 Å². The van der Waals surface area contributed by atoms with E-state index in [-0.39, 0.29) is 5.91 Å². The standard InChI is InChI=1S/C13H16BrNOS/c1-9-2-3-10(8-12(9)14)13(16)15-11-4-6-17-7-5-11/h2-3,8,11H,4-7H2,1H3,(H,15,16). The highest BCUT2D eigenvalue weighted by molar-refractivity contribution is 9.10. The van der Waals surface area contributed by atoms with Crippen LogP contribution in [0.1, 0.15) is 28.8 Å². The number of hydrogen-bond donors (Lipinski definition) is 1. The van der Waals surface area contributed by atoms with Gasteiger partial charge in [-0.1, -0.05) is 22.0 Å². The lowest BCUT2D eigenvalue weighted by atomic mass is 10.1. The van der Waals surface area contributed by atoms with E-state index in [9.17, 15) is 4.79 Å². The third kappa shape index (κ3) is 3.49. The zero-order chi connectivity index (χ0) is 12.3. The smallest absolute Gasteiger partial charge is 0.251 e. The van der Waals surface area contributed by atoms with Gasteiger partial charge in [0.25, 0.3) is 5.91 Å². The molecule has 1 amide bonds. The lowest BCUT2D eigenvalue weighted by molar-refractivity contribution is 0.0935. The van der Waals surface area contributed by atoms with Gasteiger partial charge in [-0.25, -0.2) is 0 Å². The Labute approximate surface area is 115 Å². The predicted molar refractivity (Wildman–Crippen MR) is 76.7 cm³/mol. The van der Waals surface area contributed by atoms with E-state index >= 15 is 0 Å². The van der Waals surface area contributed by atoms with Crippen LogP contribution in [0.4, 0.5) is 0 Å². The molecular weight excluding hydrogens is 298 g/mol. The predicted octanol–water partition coefficient (Wildman–Crippen LogP) is 3.38. The van der Waals surface area contributed by atoms with E-state index in [0.29, 0.717) is 6.04 Å². The Morgan fingerprint density at radius 3 is 2.76 bits per heavy atom. The minimum Gasteiger partial charge on any atom is -0.349 e. The molecule has 1 aromatic carbocycles. The van der Waals surface area contributed by atoms with E-state index in [2.05, 4.69) is 21.2 Å². The summed E-state index contributed by atoms with van der Waals surface area (Å²) in [5, 5.41) is 3.11. The van der Waals surface area contributed by atoms with Gasteiger partial charge in [0.2, 0.25) is 0 Å². The first-order valence-corrected chi connectivity index (χ1v) is 7.76. The highest BCUT2D eigenvalue weighted by Crippen LogP contribution is 2.19. The number of carbonyl (C=O) groups is 1. The summed E-state index contributed by atoms with van der Waals surface area (Å²) in [5.74, 6) is 2.35. The SMILES string of the molecule is Cc1ccc(C(=O)NC2CCSCC2)cc1Br. The molecule has 0 spiro atoms. The fourth-order valence-corrected chi connectivity index (χ4v) is 3.33. The molecule has 0 unspecified atom stereocenters. The van der Waals surface area contributed by atoms with Gasteiger partial charge in [0, 0.05) is 16.1 Å². The molecule has 1 aliphatic heterocycles. The highest BCUT2D eigenvalue weighted by atomic mass is 79.9. The van der Waals surface area contributed by atoms with E-state index in [1.807, 2.05) is 36.9 Å². The molecular formula is C13H16BrNOS. The maximum absolute atomic E-state index is 12.0. The van der Waals surface area contributed by atoms with Crippen LogP contribution in [0.15, 0.2) is 22.7 Å². The summed E-state index contributed by atoms with van der Waals surface area (Å²) in [6, 6.07) is 6.09. The molecule has 0 radical (unpaired) electrons. The first-order valence-electron chi connectivity index (χ1n) is 5.81. The second kappa shape index (κ2) is 5.91. The van der Waals surface area contributed by atoms with Crippen molar-refractivity contribution in [2.24, 2.45) is 0 Å². The van der Waals surface area contributed by atoms with Crippen LogP contribution >= 0.6 is 27.7 Å². The van der Waals surface area contributed by atoms with E-state index in [1.54, 1.807) is 0 Å². The Morgan fingerprint density at radius 1 is 1.41 bits per heavy atom. The molecule has 1 saturated heterocycles. The van der Waals surface area contributed by atoms with Gasteiger partial charge in [-0.2, -0.15) is 11.8 Å². The van der Waals surface area contributed by atoms with Gasteiger partial charge in [0.15, 0.2) is 0 Å². The second-order valence-electron chi connectivity index (χ2n) is 4.32. The van der Waals surface area contributed by atoms with Gasteiger partial charge >= 0.3 is 0 Å². The number of thioether (sulfide) groups is 1. The summed E-state index contributed by atoms with van der Waals surface area (Å²) in [6.45, 7) is 2.02. The van der Waals surface area contributed by atoms with Crippen LogP contribution in [0.3, 0.4) is 0 Å². The van der Waals surface area contributed by atoms with E-state index < -0.39 is 0 Å². The summed E-state index contributed by atoms with van der Waals surface area (Å²) in [4.78, 5) is 12.0. The van der Waals surface area contributed by atoms with Crippen LogP contribution in [0.5, 0.6) is 0 Å². The summed E-state index contributed by atoms with van der Waals surface area (Å²) in [6.07, 6.45) is 2.17. The van der Waals surface area contributed by atoms with Crippen molar-refractivity contribution in [3.63, 3.8) is 0 Å². The fraction of sp³-hybridized carbons (Fsp3) is 0.462. The number of benzene rings is 1. The van der Waals surface area contributed by atoms with Crippen LogP contribution in [-0.2, 0) is 0 Å². The minimum absolute atomic E-state index is 0.0441. The molecule has 0 aromatic heterocycles. The Kier molecular flexibility index (Phi) is 4.51. The maximum Gasteiger partial charge on any atom is 0.251 e. The average Bonchev–Trinajstić information content (AvgIpc) is 2.34. The monoisotopic (exact) mass is 313 g/mol. The normalized spacial score (nSPS) is 16.8. The Hall–Kier alpha value is -0.480. The first-order chi connectivity index (χ1) is 8.16. The molecule has 4 heteroatoms. The highest BCUT2D eigenvalue weighted by Gasteiger charge is 2.17. The molecule has 92 valence electrons.